The van der Waals surface area contributed by atoms with Gasteiger partial charge in [0.1, 0.15) is 11.6 Å². The van der Waals surface area contributed by atoms with E-state index in [2.05, 4.69) is 4.74 Å². The molecule has 0 amide bonds. The minimum Gasteiger partial charge on any atom is -0.748 e. The van der Waals surface area contributed by atoms with Crippen molar-refractivity contribution in [3.63, 3.8) is 0 Å². The summed E-state index contributed by atoms with van der Waals surface area (Å²) in [6, 6.07) is 2.66. The van der Waals surface area contributed by atoms with E-state index in [9.17, 15) is 53.6 Å². The van der Waals surface area contributed by atoms with Gasteiger partial charge in [-0.1, -0.05) is 6.07 Å². The molecular formula is C13H8F7O6S-. The van der Waals surface area contributed by atoms with E-state index < -0.39 is 56.9 Å². The second-order valence-corrected chi connectivity index (χ2v) is 6.36. The Balaban J connectivity index is 3.33. The summed E-state index contributed by atoms with van der Waals surface area (Å²) in [5, 5.41) is 9.32. The van der Waals surface area contributed by atoms with Crippen molar-refractivity contribution >= 4 is 22.2 Å². The molecule has 0 saturated heterocycles. The van der Waals surface area contributed by atoms with Crippen molar-refractivity contribution in [2.24, 2.45) is 0 Å². The molecule has 0 aromatic heterocycles. The second kappa shape index (κ2) is 7.34. The lowest BCUT2D eigenvalue weighted by Crippen LogP contribution is -2.63. The van der Waals surface area contributed by atoms with Crippen LogP contribution in [0, 0.1) is 5.82 Å². The highest BCUT2D eigenvalue weighted by Crippen LogP contribution is 2.46. The number of aromatic hydroxyl groups is 1. The molecule has 1 aromatic carbocycles. The molecule has 0 aliphatic heterocycles. The van der Waals surface area contributed by atoms with Crippen molar-refractivity contribution in [2.45, 2.75) is 18.0 Å². The van der Waals surface area contributed by atoms with Gasteiger partial charge in [0.25, 0.3) is 0 Å². The normalized spacial score (nSPS) is 13.8. The minimum atomic E-state index is -6.52. The highest BCUT2D eigenvalue weighted by molar-refractivity contribution is 7.85. The van der Waals surface area contributed by atoms with Crippen molar-refractivity contribution < 1.29 is 58.3 Å². The zero-order chi connectivity index (χ0) is 21.3. The maximum absolute atomic E-state index is 13.4. The van der Waals surface area contributed by atoms with E-state index in [0.717, 1.165) is 18.2 Å². The number of carbonyl (C=O) groups is 1. The van der Waals surface area contributed by atoms with E-state index in [-0.39, 0.29) is 6.08 Å². The quantitative estimate of drug-likeness (QED) is 0.337. The van der Waals surface area contributed by atoms with Crippen LogP contribution in [0.4, 0.5) is 30.7 Å². The standard InChI is InChI=1S/C13H9F7O6S/c14-8-2-1-3-9(21)7(8)4-5-10(22)26-11(12(15,16)17,13(18,19)20)6-27(23,24)25/h1-5,21H,6H2,(H,23,24,25)/p-1/b5-4+. The topological polar surface area (TPSA) is 104 Å². The summed E-state index contributed by atoms with van der Waals surface area (Å²) >= 11 is 0. The summed E-state index contributed by atoms with van der Waals surface area (Å²) in [6.07, 6.45) is -12.9. The van der Waals surface area contributed by atoms with Gasteiger partial charge in [-0.25, -0.2) is 17.6 Å². The lowest BCUT2D eigenvalue weighted by atomic mass is 10.1. The molecule has 27 heavy (non-hydrogen) atoms. The Hall–Kier alpha value is -2.35. The molecule has 0 unspecified atom stereocenters. The number of phenolic OH excluding ortho intramolecular Hbond substituents is 1. The fourth-order valence-electron chi connectivity index (χ4n) is 1.77. The summed E-state index contributed by atoms with van der Waals surface area (Å²) < 4.78 is 126. The summed E-state index contributed by atoms with van der Waals surface area (Å²) in [5.41, 5.74) is -6.41. The first-order valence-electron chi connectivity index (χ1n) is 6.46. The van der Waals surface area contributed by atoms with Crippen LogP contribution in [0.25, 0.3) is 6.08 Å². The monoisotopic (exact) mass is 425 g/mol. The second-order valence-electron chi connectivity index (χ2n) is 4.95. The van der Waals surface area contributed by atoms with Crippen molar-refractivity contribution in [2.75, 3.05) is 5.75 Å². The molecule has 0 radical (unpaired) electrons. The van der Waals surface area contributed by atoms with Crippen LogP contribution < -0.4 is 0 Å². The van der Waals surface area contributed by atoms with Crippen molar-refractivity contribution in [3.05, 3.63) is 35.7 Å². The third kappa shape index (κ3) is 5.32. The van der Waals surface area contributed by atoms with E-state index >= 15 is 0 Å². The van der Waals surface area contributed by atoms with E-state index in [0.29, 0.717) is 6.08 Å². The van der Waals surface area contributed by atoms with Crippen LogP contribution in [-0.2, 0) is 19.6 Å². The number of hydrogen-bond donors (Lipinski definition) is 1. The summed E-state index contributed by atoms with van der Waals surface area (Å²) in [6.45, 7) is 0. The van der Waals surface area contributed by atoms with Gasteiger partial charge in [-0.15, -0.1) is 0 Å². The Bertz CT molecular complexity index is 807. The van der Waals surface area contributed by atoms with Gasteiger partial charge in [0.2, 0.25) is 0 Å². The van der Waals surface area contributed by atoms with Crippen LogP contribution in [0.15, 0.2) is 24.3 Å². The van der Waals surface area contributed by atoms with Crippen molar-refractivity contribution in [1.29, 1.82) is 0 Å². The van der Waals surface area contributed by atoms with Crippen LogP contribution in [0.5, 0.6) is 5.75 Å². The SMILES string of the molecule is O=C(/C=C/c1c(O)cccc1F)OC(CS(=O)(=O)[O-])(C(F)(F)F)C(F)(F)F. The predicted octanol–water partition coefficient (Wildman–Crippen LogP) is 2.50. The number of rotatable bonds is 5. The lowest BCUT2D eigenvalue weighted by molar-refractivity contribution is -0.360. The molecule has 0 aliphatic carbocycles. The first-order chi connectivity index (χ1) is 12.0. The van der Waals surface area contributed by atoms with Crippen LogP contribution in [0.3, 0.4) is 0 Å². The molecule has 152 valence electrons. The van der Waals surface area contributed by atoms with E-state index in [1.54, 1.807) is 0 Å². The summed E-state index contributed by atoms with van der Waals surface area (Å²) in [5.74, 6) is -7.54. The average Bonchev–Trinajstić information content (AvgIpc) is 2.42. The van der Waals surface area contributed by atoms with Gasteiger partial charge in [0.15, 0.2) is 0 Å². The van der Waals surface area contributed by atoms with Gasteiger partial charge in [0, 0.05) is 6.08 Å². The first-order valence-corrected chi connectivity index (χ1v) is 8.03. The number of benzene rings is 1. The van der Waals surface area contributed by atoms with E-state index in [4.69, 9.17) is 0 Å². The molecule has 0 aliphatic rings. The number of ether oxygens (including phenoxy) is 1. The number of hydrogen-bond acceptors (Lipinski definition) is 6. The van der Waals surface area contributed by atoms with Crippen LogP contribution in [0.1, 0.15) is 5.56 Å². The van der Waals surface area contributed by atoms with Gasteiger partial charge < -0.3 is 14.4 Å². The molecule has 0 spiro atoms. The van der Waals surface area contributed by atoms with Gasteiger partial charge >= 0.3 is 23.9 Å². The maximum atomic E-state index is 13.4. The van der Waals surface area contributed by atoms with E-state index in [1.807, 2.05) is 0 Å². The predicted molar refractivity (Wildman–Crippen MR) is 72.6 cm³/mol. The molecule has 0 atom stereocenters. The third-order valence-electron chi connectivity index (χ3n) is 2.99. The Morgan fingerprint density at radius 3 is 2.07 bits per heavy atom. The average molecular weight is 425 g/mol. The summed E-state index contributed by atoms with van der Waals surface area (Å²) in [7, 11) is -6.17. The van der Waals surface area contributed by atoms with Crippen LogP contribution in [0.2, 0.25) is 0 Å². The van der Waals surface area contributed by atoms with Gasteiger partial charge in [-0.05, 0) is 18.2 Å². The zero-order valence-corrected chi connectivity index (χ0v) is 13.5. The number of carbonyl (C=O) groups excluding carboxylic acids is 1. The molecule has 1 rings (SSSR count). The molecule has 0 saturated carbocycles. The van der Waals surface area contributed by atoms with E-state index in [1.165, 1.54) is 0 Å². The Morgan fingerprint density at radius 1 is 1.15 bits per heavy atom. The third-order valence-corrected chi connectivity index (χ3v) is 3.75. The minimum absolute atomic E-state index is 0.109. The number of halogens is 7. The highest BCUT2D eigenvalue weighted by Gasteiger charge is 2.75. The first kappa shape index (κ1) is 22.7. The van der Waals surface area contributed by atoms with Gasteiger partial charge in [-0.2, -0.15) is 26.3 Å². The Kier molecular flexibility index (Phi) is 6.17. The largest absolute Gasteiger partial charge is 0.748 e. The molecule has 14 heteroatoms. The lowest BCUT2D eigenvalue weighted by Gasteiger charge is -2.36. The molecule has 1 aromatic rings. The zero-order valence-electron chi connectivity index (χ0n) is 12.6. The molecule has 0 bridgehead atoms. The van der Waals surface area contributed by atoms with Crippen molar-refractivity contribution in [1.82, 2.24) is 0 Å². The molecule has 0 heterocycles. The number of alkyl halides is 6. The molecular weight excluding hydrogens is 417 g/mol. The van der Waals surface area contributed by atoms with Crippen molar-refractivity contribution in [3.8, 4) is 5.75 Å². The Labute approximate surface area is 146 Å². The number of phenols is 1. The smallest absolute Gasteiger partial charge is 0.438 e. The molecule has 0 fully saturated rings. The number of esters is 1. The van der Waals surface area contributed by atoms with Crippen LogP contribution >= 0.6 is 0 Å². The highest BCUT2D eigenvalue weighted by atomic mass is 32.2. The van der Waals surface area contributed by atoms with Gasteiger partial charge in [0.05, 0.1) is 21.4 Å². The molecule has 6 nitrogen and oxygen atoms in total. The maximum Gasteiger partial charge on any atom is 0.438 e. The van der Waals surface area contributed by atoms with Crippen LogP contribution in [-0.4, -0.2) is 47.8 Å². The Morgan fingerprint density at radius 2 is 1.67 bits per heavy atom. The van der Waals surface area contributed by atoms with Gasteiger partial charge in [-0.3, -0.25) is 0 Å². The fourth-order valence-corrected chi connectivity index (χ4v) is 2.65. The fraction of sp³-hybridized carbons (Fsp3) is 0.308. The summed E-state index contributed by atoms with van der Waals surface area (Å²) in [4.78, 5) is 11.4. The molecule has 1 N–H and O–H groups in total.